The van der Waals surface area contributed by atoms with Gasteiger partial charge in [0.25, 0.3) is 0 Å². The van der Waals surface area contributed by atoms with Crippen molar-refractivity contribution in [2.45, 2.75) is 10.8 Å². The molecule has 0 atom stereocenters. The molecule has 0 spiro atoms. The molecule has 0 bridgehead atoms. The first-order chi connectivity index (χ1) is 9.08. The molecule has 0 aliphatic carbocycles. The summed E-state index contributed by atoms with van der Waals surface area (Å²) in [6, 6.07) is 6.38. The van der Waals surface area contributed by atoms with E-state index in [9.17, 15) is 13.6 Å². The number of hydrogen-bond acceptors (Lipinski definition) is 3. The molecule has 0 amide bonds. The van der Waals surface area contributed by atoms with Crippen LogP contribution in [0.3, 0.4) is 0 Å². The molecule has 0 unspecified atom stereocenters. The predicted octanol–water partition coefficient (Wildman–Crippen LogP) is 3.35. The normalized spacial score (nSPS) is 10.4. The van der Waals surface area contributed by atoms with E-state index in [-0.39, 0.29) is 16.9 Å². The lowest BCUT2D eigenvalue weighted by atomic mass is 10.2. The molecule has 19 heavy (non-hydrogen) atoms. The molecule has 3 nitrogen and oxygen atoms in total. The molecule has 0 aliphatic rings. The number of nitrogens with zero attached hydrogens (tertiary/aromatic N) is 1. The number of halogens is 2. The third kappa shape index (κ3) is 3.29. The van der Waals surface area contributed by atoms with Crippen LogP contribution in [0.4, 0.5) is 8.78 Å². The Hall–Kier alpha value is -1.95. The summed E-state index contributed by atoms with van der Waals surface area (Å²) in [5, 5.41) is 9.23. The van der Waals surface area contributed by atoms with Crippen molar-refractivity contribution in [3.05, 3.63) is 59.3 Å². The van der Waals surface area contributed by atoms with Gasteiger partial charge in [-0.25, -0.2) is 18.6 Å². The molecule has 1 N–H and O–H groups in total. The molecule has 6 heteroatoms. The summed E-state index contributed by atoms with van der Waals surface area (Å²) in [5.74, 6) is -2.26. The van der Waals surface area contributed by atoms with Crippen LogP contribution >= 0.6 is 11.8 Å². The molecule has 98 valence electrons. The minimum Gasteiger partial charge on any atom is -0.478 e. The smallest absolute Gasteiger partial charge is 0.335 e. The summed E-state index contributed by atoms with van der Waals surface area (Å²) >= 11 is 1.08. The Bertz CT molecular complexity index is 599. The first-order valence-electron chi connectivity index (χ1n) is 5.33. The minimum atomic E-state index is -1.07. The number of aromatic carboxylic acids is 1. The Labute approximate surface area is 112 Å². The zero-order chi connectivity index (χ0) is 13.8. The van der Waals surface area contributed by atoms with E-state index < -0.39 is 17.6 Å². The molecule has 0 saturated carbocycles. The van der Waals surface area contributed by atoms with E-state index in [4.69, 9.17) is 5.11 Å². The average molecular weight is 281 g/mol. The molecular formula is C13H9F2NO2S. The molecule has 0 radical (unpaired) electrons. The number of rotatable bonds is 4. The van der Waals surface area contributed by atoms with E-state index in [1.54, 1.807) is 0 Å². The van der Waals surface area contributed by atoms with Crippen molar-refractivity contribution in [1.82, 2.24) is 4.98 Å². The van der Waals surface area contributed by atoms with Gasteiger partial charge in [0.2, 0.25) is 0 Å². The van der Waals surface area contributed by atoms with Crippen LogP contribution in [0, 0.1) is 11.6 Å². The van der Waals surface area contributed by atoms with E-state index in [1.807, 2.05) is 0 Å². The van der Waals surface area contributed by atoms with Crippen molar-refractivity contribution in [3.8, 4) is 0 Å². The van der Waals surface area contributed by atoms with Gasteiger partial charge in [-0.2, -0.15) is 0 Å². The Morgan fingerprint density at radius 3 is 2.58 bits per heavy atom. The van der Waals surface area contributed by atoms with Crippen LogP contribution in [0.25, 0.3) is 0 Å². The van der Waals surface area contributed by atoms with Gasteiger partial charge in [-0.1, -0.05) is 6.07 Å². The van der Waals surface area contributed by atoms with E-state index in [2.05, 4.69) is 4.98 Å². The highest BCUT2D eigenvalue weighted by Crippen LogP contribution is 2.24. The molecule has 2 rings (SSSR count). The summed E-state index contributed by atoms with van der Waals surface area (Å²) in [4.78, 5) is 14.7. The van der Waals surface area contributed by atoms with Gasteiger partial charge in [0.1, 0.15) is 11.6 Å². The quantitative estimate of drug-likeness (QED) is 0.873. The van der Waals surface area contributed by atoms with Crippen LogP contribution in [0.1, 0.15) is 15.9 Å². The SMILES string of the molecule is O=C(O)c1ccnc(SCc2c(F)cccc2F)c1. The number of aromatic nitrogens is 1. The second kappa shape index (κ2) is 5.79. The molecule has 2 aromatic rings. The molecule has 0 fully saturated rings. The fourth-order valence-corrected chi connectivity index (χ4v) is 2.35. The minimum absolute atomic E-state index is 0.0463. The van der Waals surface area contributed by atoms with Crippen LogP contribution in [-0.2, 0) is 5.75 Å². The van der Waals surface area contributed by atoms with E-state index >= 15 is 0 Å². The largest absolute Gasteiger partial charge is 0.478 e. The van der Waals surface area contributed by atoms with Gasteiger partial charge in [-0.05, 0) is 24.3 Å². The van der Waals surface area contributed by atoms with Gasteiger partial charge in [0, 0.05) is 17.5 Å². The van der Waals surface area contributed by atoms with Gasteiger partial charge in [0.15, 0.2) is 0 Å². The molecule has 1 heterocycles. The van der Waals surface area contributed by atoms with Crippen molar-refractivity contribution in [1.29, 1.82) is 0 Å². The molecule has 1 aromatic heterocycles. The average Bonchev–Trinajstić information content (AvgIpc) is 2.38. The lowest BCUT2D eigenvalue weighted by Crippen LogP contribution is -1.97. The number of thioether (sulfide) groups is 1. The fraction of sp³-hybridized carbons (Fsp3) is 0.0769. The lowest BCUT2D eigenvalue weighted by Gasteiger charge is -2.04. The standard InChI is InChI=1S/C13H9F2NO2S/c14-10-2-1-3-11(15)9(10)7-19-12-6-8(13(17)18)4-5-16-12/h1-6H,7H2,(H,17,18). The Kier molecular flexibility index (Phi) is 4.11. The highest BCUT2D eigenvalue weighted by molar-refractivity contribution is 7.98. The maximum atomic E-state index is 13.4. The van der Waals surface area contributed by atoms with Gasteiger partial charge in [-0.15, -0.1) is 11.8 Å². The highest BCUT2D eigenvalue weighted by atomic mass is 32.2. The number of carboxylic acid groups (broad SMARTS) is 1. The van der Waals surface area contributed by atoms with Crippen LogP contribution in [0.15, 0.2) is 41.6 Å². The first-order valence-corrected chi connectivity index (χ1v) is 6.31. The van der Waals surface area contributed by atoms with Crippen LogP contribution in [-0.4, -0.2) is 16.1 Å². The zero-order valence-corrected chi connectivity index (χ0v) is 10.5. The van der Waals surface area contributed by atoms with Crippen molar-refractivity contribution in [2.75, 3.05) is 0 Å². The highest BCUT2D eigenvalue weighted by Gasteiger charge is 2.10. The summed E-state index contributed by atoms with van der Waals surface area (Å²) in [7, 11) is 0. The van der Waals surface area contributed by atoms with Gasteiger partial charge in [0.05, 0.1) is 10.6 Å². The molecular weight excluding hydrogens is 272 g/mol. The van der Waals surface area contributed by atoms with Crippen LogP contribution in [0.2, 0.25) is 0 Å². The van der Waals surface area contributed by atoms with Crippen LogP contribution < -0.4 is 0 Å². The van der Waals surface area contributed by atoms with Crippen molar-refractivity contribution in [3.63, 3.8) is 0 Å². The maximum absolute atomic E-state index is 13.4. The van der Waals surface area contributed by atoms with Gasteiger partial charge >= 0.3 is 5.97 Å². The van der Waals surface area contributed by atoms with E-state index in [0.29, 0.717) is 5.03 Å². The fourth-order valence-electron chi connectivity index (χ4n) is 1.44. The number of pyridine rings is 1. The lowest BCUT2D eigenvalue weighted by molar-refractivity contribution is 0.0696. The number of carboxylic acids is 1. The topological polar surface area (TPSA) is 50.2 Å². The summed E-state index contributed by atoms with van der Waals surface area (Å²) in [6.07, 6.45) is 1.35. The Morgan fingerprint density at radius 2 is 1.95 bits per heavy atom. The third-order valence-electron chi connectivity index (χ3n) is 2.41. The van der Waals surface area contributed by atoms with Gasteiger partial charge < -0.3 is 5.11 Å². The Morgan fingerprint density at radius 1 is 1.26 bits per heavy atom. The second-order valence-corrected chi connectivity index (χ2v) is 4.67. The zero-order valence-electron chi connectivity index (χ0n) is 9.64. The number of carbonyl (C=O) groups is 1. The third-order valence-corrected chi connectivity index (χ3v) is 3.36. The summed E-state index contributed by atoms with van der Waals surface area (Å²) in [6.45, 7) is 0. The Balaban J connectivity index is 2.15. The number of hydrogen-bond donors (Lipinski definition) is 1. The molecule has 0 saturated heterocycles. The van der Waals surface area contributed by atoms with E-state index in [0.717, 1.165) is 11.8 Å². The summed E-state index contributed by atoms with van der Waals surface area (Å²) in [5.41, 5.74) is 0.0431. The van der Waals surface area contributed by atoms with E-state index in [1.165, 1.54) is 36.5 Å². The van der Waals surface area contributed by atoms with Crippen molar-refractivity contribution < 1.29 is 18.7 Å². The summed E-state index contributed by atoms with van der Waals surface area (Å²) < 4.78 is 26.8. The number of benzene rings is 1. The molecule has 1 aromatic carbocycles. The second-order valence-electron chi connectivity index (χ2n) is 3.68. The van der Waals surface area contributed by atoms with Crippen molar-refractivity contribution in [2.24, 2.45) is 0 Å². The predicted molar refractivity (Wildman–Crippen MR) is 67.1 cm³/mol. The maximum Gasteiger partial charge on any atom is 0.335 e. The monoisotopic (exact) mass is 281 g/mol. The van der Waals surface area contributed by atoms with Crippen molar-refractivity contribution >= 4 is 17.7 Å². The van der Waals surface area contributed by atoms with Gasteiger partial charge in [-0.3, -0.25) is 0 Å². The molecule has 0 aliphatic heterocycles. The van der Waals surface area contributed by atoms with Crippen LogP contribution in [0.5, 0.6) is 0 Å². The first kappa shape index (κ1) is 13.5.